The van der Waals surface area contributed by atoms with E-state index in [1.165, 1.54) is 0 Å². The fraction of sp³-hybridized carbons (Fsp3) is 0.167. The van der Waals surface area contributed by atoms with E-state index in [1.54, 1.807) is 0 Å². The Morgan fingerprint density at radius 2 is 2.07 bits per heavy atom. The van der Waals surface area contributed by atoms with E-state index >= 15 is 0 Å². The number of hydrogen-bond donors (Lipinski definition) is 0. The molecule has 1 nitrogen and oxygen atoms in total. The maximum atomic E-state index is 6.15. The molecule has 77 valence electrons. The van der Waals surface area contributed by atoms with Gasteiger partial charge in [-0.15, -0.1) is 0 Å². The first-order valence-electron chi connectivity index (χ1n) is 4.52. The third kappa shape index (κ3) is 2.21. The van der Waals surface area contributed by atoms with Crippen LogP contribution in [0.25, 0.3) is 11.1 Å². The summed E-state index contributed by atoms with van der Waals surface area (Å²) in [7, 11) is 0. The van der Waals surface area contributed by atoms with E-state index in [9.17, 15) is 0 Å². The minimum absolute atomic E-state index is 0.732. The van der Waals surface area contributed by atoms with Crippen LogP contribution < -0.4 is 0 Å². The maximum absolute atomic E-state index is 6.15. The van der Waals surface area contributed by atoms with Crippen molar-refractivity contribution in [3.63, 3.8) is 0 Å². The van der Waals surface area contributed by atoms with Crippen LogP contribution in [-0.4, -0.2) is 0 Å². The van der Waals surface area contributed by atoms with Crippen LogP contribution in [-0.2, 0) is 0 Å². The van der Waals surface area contributed by atoms with Crippen LogP contribution in [0.15, 0.2) is 22.6 Å². The monoisotopic (exact) mass is 331 g/mol. The standard InChI is InChI=1S/C12H9ClIO/c1-7-5-10(8(2)15-7)11-6-9(14)3-4-12(11)13/h3-4,6H,1-2H3. The highest BCUT2D eigenvalue weighted by Crippen LogP contribution is 2.32. The number of aryl methyl sites for hydroxylation is 2. The Kier molecular flexibility index (Phi) is 3.07. The van der Waals surface area contributed by atoms with Gasteiger partial charge in [0.25, 0.3) is 0 Å². The van der Waals surface area contributed by atoms with Gasteiger partial charge in [0.15, 0.2) is 0 Å². The molecule has 0 unspecified atom stereocenters. The van der Waals surface area contributed by atoms with E-state index in [1.807, 2.05) is 32.0 Å². The highest BCUT2D eigenvalue weighted by molar-refractivity contribution is 14.1. The molecule has 0 aliphatic heterocycles. The first-order valence-corrected chi connectivity index (χ1v) is 5.98. The van der Waals surface area contributed by atoms with Crippen molar-refractivity contribution in [2.24, 2.45) is 0 Å². The number of halogens is 2. The lowest BCUT2D eigenvalue weighted by atomic mass is 10.1. The van der Waals surface area contributed by atoms with Gasteiger partial charge in [-0.05, 0) is 54.6 Å². The van der Waals surface area contributed by atoms with Crippen LogP contribution in [0.1, 0.15) is 11.5 Å². The zero-order chi connectivity index (χ0) is 11.0. The third-order valence-electron chi connectivity index (χ3n) is 2.16. The van der Waals surface area contributed by atoms with Gasteiger partial charge in [0, 0.05) is 25.8 Å². The number of benzene rings is 1. The van der Waals surface area contributed by atoms with Gasteiger partial charge in [-0.3, -0.25) is 0 Å². The van der Waals surface area contributed by atoms with Crippen LogP contribution in [0.2, 0.25) is 5.02 Å². The molecule has 0 amide bonds. The first-order chi connectivity index (χ1) is 7.08. The van der Waals surface area contributed by atoms with Crippen LogP contribution in [0.3, 0.4) is 0 Å². The highest BCUT2D eigenvalue weighted by atomic mass is 127. The fourth-order valence-corrected chi connectivity index (χ4v) is 2.22. The lowest BCUT2D eigenvalue weighted by molar-refractivity contribution is 0.505. The molecule has 0 aliphatic rings. The summed E-state index contributed by atoms with van der Waals surface area (Å²) in [5, 5.41) is 0.732. The molecule has 0 aliphatic carbocycles. The average Bonchev–Trinajstić information content (AvgIpc) is 2.50. The Morgan fingerprint density at radius 3 is 2.67 bits per heavy atom. The van der Waals surface area contributed by atoms with Crippen LogP contribution in [0, 0.1) is 23.5 Å². The largest absolute Gasteiger partial charge is 0.465 e. The highest BCUT2D eigenvalue weighted by Gasteiger charge is 2.11. The summed E-state index contributed by atoms with van der Waals surface area (Å²) < 4.78 is 6.60. The van der Waals surface area contributed by atoms with Crippen molar-refractivity contribution in [2.45, 2.75) is 13.8 Å². The molecule has 0 N–H and O–H groups in total. The van der Waals surface area contributed by atoms with Gasteiger partial charge < -0.3 is 4.42 Å². The Balaban J connectivity index is 2.62. The average molecular weight is 332 g/mol. The third-order valence-corrected chi connectivity index (χ3v) is 3.16. The molecule has 1 heterocycles. The topological polar surface area (TPSA) is 13.1 Å². The van der Waals surface area contributed by atoms with Crippen molar-refractivity contribution in [3.8, 4) is 11.1 Å². The Labute approximate surface area is 108 Å². The van der Waals surface area contributed by atoms with Crippen LogP contribution in [0.5, 0.6) is 0 Å². The molecular weight excluding hydrogens is 322 g/mol. The Morgan fingerprint density at radius 1 is 1.33 bits per heavy atom. The van der Waals surface area contributed by atoms with Gasteiger partial charge in [0.1, 0.15) is 11.5 Å². The number of furan rings is 1. The maximum Gasteiger partial charge on any atom is 0.109 e. The van der Waals surface area contributed by atoms with E-state index in [-0.39, 0.29) is 0 Å². The first kappa shape index (κ1) is 11.0. The molecule has 1 radical (unpaired) electrons. The van der Waals surface area contributed by atoms with Crippen molar-refractivity contribution in [1.82, 2.24) is 0 Å². The number of hydrogen-bond acceptors (Lipinski definition) is 1. The van der Waals surface area contributed by atoms with Crippen molar-refractivity contribution in [1.29, 1.82) is 0 Å². The predicted octanol–water partition coefficient (Wildman–Crippen LogP) is 4.62. The Hall–Kier alpha value is -0.480. The molecule has 0 spiro atoms. The van der Waals surface area contributed by atoms with E-state index in [0.717, 1.165) is 31.2 Å². The second-order valence-corrected chi connectivity index (χ2v) is 4.99. The lowest BCUT2D eigenvalue weighted by Gasteiger charge is -2.02. The SMILES string of the molecule is Cc1[c]c(-c2cc(I)ccc2Cl)c(C)o1. The molecule has 15 heavy (non-hydrogen) atoms. The second kappa shape index (κ2) is 4.18. The summed E-state index contributed by atoms with van der Waals surface area (Å²) in [6.45, 7) is 3.81. The summed E-state index contributed by atoms with van der Waals surface area (Å²) in [6, 6.07) is 9.09. The number of rotatable bonds is 1. The van der Waals surface area contributed by atoms with E-state index < -0.39 is 0 Å². The minimum atomic E-state index is 0.732. The van der Waals surface area contributed by atoms with E-state index in [4.69, 9.17) is 16.0 Å². The normalized spacial score (nSPS) is 10.7. The van der Waals surface area contributed by atoms with Crippen LogP contribution >= 0.6 is 34.2 Å². The van der Waals surface area contributed by atoms with E-state index in [2.05, 4.69) is 28.7 Å². The molecular formula is C12H9ClIO. The molecule has 1 aromatic carbocycles. The van der Waals surface area contributed by atoms with Crippen molar-refractivity contribution >= 4 is 34.2 Å². The van der Waals surface area contributed by atoms with Crippen LogP contribution in [0.4, 0.5) is 0 Å². The molecule has 0 bridgehead atoms. The van der Waals surface area contributed by atoms with Crippen molar-refractivity contribution in [3.05, 3.63) is 44.4 Å². The lowest BCUT2D eigenvalue weighted by Crippen LogP contribution is -1.81. The predicted molar refractivity (Wildman–Crippen MR) is 70.2 cm³/mol. The molecule has 0 fully saturated rings. The van der Waals surface area contributed by atoms with Gasteiger partial charge in [0.05, 0.1) is 0 Å². The molecule has 0 saturated heterocycles. The molecule has 2 aromatic rings. The zero-order valence-corrected chi connectivity index (χ0v) is 11.3. The Bertz CT molecular complexity index is 502. The molecule has 3 heteroatoms. The summed E-state index contributed by atoms with van der Waals surface area (Å²) in [5.74, 6) is 1.65. The smallest absolute Gasteiger partial charge is 0.109 e. The summed E-state index contributed by atoms with van der Waals surface area (Å²) in [5.41, 5.74) is 1.94. The van der Waals surface area contributed by atoms with Gasteiger partial charge >= 0.3 is 0 Å². The van der Waals surface area contributed by atoms with Gasteiger partial charge in [-0.2, -0.15) is 0 Å². The molecule has 0 atom stereocenters. The second-order valence-electron chi connectivity index (χ2n) is 3.34. The zero-order valence-electron chi connectivity index (χ0n) is 8.40. The molecule has 0 saturated carbocycles. The molecule has 2 rings (SSSR count). The fourth-order valence-electron chi connectivity index (χ4n) is 1.52. The molecule has 1 aromatic heterocycles. The van der Waals surface area contributed by atoms with E-state index in [0.29, 0.717) is 0 Å². The summed E-state index contributed by atoms with van der Waals surface area (Å²) in [6.07, 6.45) is 0. The van der Waals surface area contributed by atoms with Crippen molar-refractivity contribution < 1.29 is 4.42 Å². The summed E-state index contributed by atoms with van der Waals surface area (Å²) in [4.78, 5) is 0. The van der Waals surface area contributed by atoms with Gasteiger partial charge in [-0.1, -0.05) is 11.6 Å². The minimum Gasteiger partial charge on any atom is -0.465 e. The van der Waals surface area contributed by atoms with Crippen molar-refractivity contribution in [2.75, 3.05) is 0 Å². The van der Waals surface area contributed by atoms with Gasteiger partial charge in [0.2, 0.25) is 0 Å². The van der Waals surface area contributed by atoms with Gasteiger partial charge in [-0.25, -0.2) is 0 Å². The quantitative estimate of drug-likeness (QED) is 0.695. The summed E-state index contributed by atoms with van der Waals surface area (Å²) >= 11 is 8.41.